The zero-order valence-corrected chi connectivity index (χ0v) is 18.9. The number of piperazine rings is 1. The number of carbonyl (C=O) groups excluding carboxylic acids is 1. The van der Waals surface area contributed by atoms with Crippen LogP contribution < -0.4 is 5.32 Å². The van der Waals surface area contributed by atoms with E-state index in [9.17, 15) is 26.4 Å². The Bertz CT molecular complexity index is 887. The number of carboxylic acid groups (broad SMARTS) is 1. The summed E-state index contributed by atoms with van der Waals surface area (Å²) in [5.41, 5.74) is 1.93. The number of nitrogens with zero attached hydrogens (tertiary/aromatic N) is 2. The van der Waals surface area contributed by atoms with Crippen molar-refractivity contribution in [1.29, 1.82) is 0 Å². The highest BCUT2D eigenvalue weighted by atomic mass is 32.2. The molecule has 1 heterocycles. The van der Waals surface area contributed by atoms with Crippen LogP contribution in [-0.2, 0) is 24.3 Å². The van der Waals surface area contributed by atoms with Gasteiger partial charge in [0.2, 0.25) is 15.9 Å². The minimum absolute atomic E-state index is 0.142. The second-order valence-corrected chi connectivity index (χ2v) is 8.95. The molecule has 1 aliphatic rings. The van der Waals surface area contributed by atoms with E-state index in [0.29, 0.717) is 13.1 Å². The van der Waals surface area contributed by atoms with Gasteiger partial charge in [-0.15, -0.1) is 0 Å². The molecule has 0 radical (unpaired) electrons. The molecule has 0 unspecified atom stereocenters. The summed E-state index contributed by atoms with van der Waals surface area (Å²) in [6.45, 7) is 6.67. The molecular formula is C19H28F3N3O6S. The minimum Gasteiger partial charge on any atom is -0.475 e. The highest BCUT2D eigenvalue weighted by molar-refractivity contribution is 7.89. The first-order valence-corrected chi connectivity index (χ1v) is 11.1. The normalized spacial score (nSPS) is 14.7. The summed E-state index contributed by atoms with van der Waals surface area (Å²) in [5.74, 6) is -2.93. The number of carboxylic acids is 1. The van der Waals surface area contributed by atoms with Crippen molar-refractivity contribution in [3.8, 4) is 0 Å². The number of halogens is 3. The molecule has 2 rings (SSSR count). The van der Waals surface area contributed by atoms with Crippen molar-refractivity contribution in [3.63, 3.8) is 0 Å². The van der Waals surface area contributed by atoms with Gasteiger partial charge in [-0.25, -0.2) is 13.2 Å². The fourth-order valence-electron chi connectivity index (χ4n) is 2.67. The van der Waals surface area contributed by atoms with Crippen molar-refractivity contribution in [2.45, 2.75) is 24.9 Å². The van der Waals surface area contributed by atoms with Gasteiger partial charge in [0, 0.05) is 39.8 Å². The number of amides is 1. The Kier molecular flexibility index (Phi) is 10.5. The van der Waals surface area contributed by atoms with Gasteiger partial charge in [0.05, 0.1) is 18.0 Å². The number of hydrogen-bond donors (Lipinski definition) is 2. The Morgan fingerprint density at radius 3 is 2.22 bits per heavy atom. The van der Waals surface area contributed by atoms with E-state index in [1.54, 1.807) is 23.1 Å². The molecule has 1 saturated heterocycles. The largest absolute Gasteiger partial charge is 0.490 e. The maximum atomic E-state index is 13.0. The molecule has 0 saturated carbocycles. The number of nitrogens with one attached hydrogen (secondary N) is 1. The van der Waals surface area contributed by atoms with Crippen molar-refractivity contribution in [2.24, 2.45) is 0 Å². The van der Waals surface area contributed by atoms with Gasteiger partial charge in [0.1, 0.15) is 0 Å². The van der Waals surface area contributed by atoms with E-state index in [1.165, 1.54) is 11.4 Å². The van der Waals surface area contributed by atoms with Crippen LogP contribution in [-0.4, -0.2) is 93.8 Å². The fourth-order valence-corrected chi connectivity index (χ4v) is 4.13. The molecule has 1 aromatic carbocycles. The molecule has 1 aliphatic heterocycles. The molecule has 2 N–H and O–H groups in total. The van der Waals surface area contributed by atoms with E-state index < -0.39 is 22.2 Å². The Morgan fingerprint density at radius 2 is 1.75 bits per heavy atom. The third-order valence-electron chi connectivity index (χ3n) is 4.68. The molecule has 0 spiro atoms. The number of sulfonamides is 1. The molecule has 1 fully saturated rings. The first kappa shape index (κ1) is 27.8. The topological polar surface area (TPSA) is 116 Å². The molecule has 13 heteroatoms. The molecule has 182 valence electrons. The van der Waals surface area contributed by atoms with Gasteiger partial charge in [-0.3, -0.25) is 4.79 Å². The SMILES string of the molecule is COCCN(CC(=O)N1CCNCC1)S(=O)(=O)c1ccc(C)c(C)c1.O=C(O)C(F)(F)F. The van der Waals surface area contributed by atoms with Crippen molar-refractivity contribution in [3.05, 3.63) is 29.3 Å². The average Bonchev–Trinajstić information content (AvgIpc) is 2.73. The number of aryl methyl sites for hydroxylation is 2. The van der Waals surface area contributed by atoms with Crippen LogP contribution in [0.2, 0.25) is 0 Å². The van der Waals surface area contributed by atoms with Gasteiger partial charge in [0.15, 0.2) is 0 Å². The number of rotatable bonds is 7. The van der Waals surface area contributed by atoms with Gasteiger partial charge in [-0.2, -0.15) is 17.5 Å². The highest BCUT2D eigenvalue weighted by Gasteiger charge is 2.38. The monoisotopic (exact) mass is 483 g/mol. The second kappa shape index (κ2) is 12.1. The van der Waals surface area contributed by atoms with Crippen LogP contribution in [0.15, 0.2) is 23.1 Å². The Morgan fingerprint density at radius 1 is 1.19 bits per heavy atom. The van der Waals surface area contributed by atoms with Crippen molar-refractivity contribution >= 4 is 21.9 Å². The number of aliphatic carboxylic acids is 1. The Hall–Kier alpha value is -2.22. The van der Waals surface area contributed by atoms with E-state index in [1.807, 2.05) is 13.8 Å². The van der Waals surface area contributed by atoms with Crippen LogP contribution in [0.3, 0.4) is 0 Å². The number of methoxy groups -OCH3 is 1. The van der Waals surface area contributed by atoms with E-state index in [4.69, 9.17) is 14.6 Å². The molecule has 9 nitrogen and oxygen atoms in total. The van der Waals surface area contributed by atoms with Crippen LogP contribution in [0.5, 0.6) is 0 Å². The van der Waals surface area contributed by atoms with Gasteiger partial charge >= 0.3 is 12.1 Å². The summed E-state index contributed by atoms with van der Waals surface area (Å²) < 4.78 is 64.0. The van der Waals surface area contributed by atoms with Crippen LogP contribution in [0.25, 0.3) is 0 Å². The van der Waals surface area contributed by atoms with E-state index in [-0.39, 0.29) is 30.5 Å². The summed E-state index contributed by atoms with van der Waals surface area (Å²) in [7, 11) is -2.24. The van der Waals surface area contributed by atoms with Crippen LogP contribution in [0, 0.1) is 13.8 Å². The lowest BCUT2D eigenvalue weighted by Gasteiger charge is -2.30. The van der Waals surface area contributed by atoms with E-state index in [0.717, 1.165) is 24.2 Å². The predicted octanol–water partition coefficient (Wildman–Crippen LogP) is 1.01. The van der Waals surface area contributed by atoms with Crippen LogP contribution >= 0.6 is 0 Å². The predicted molar refractivity (Wildman–Crippen MR) is 110 cm³/mol. The molecular weight excluding hydrogens is 455 g/mol. The number of carbonyl (C=O) groups is 2. The second-order valence-electron chi connectivity index (χ2n) is 7.01. The van der Waals surface area contributed by atoms with E-state index >= 15 is 0 Å². The molecule has 0 aliphatic carbocycles. The van der Waals surface area contributed by atoms with Crippen molar-refractivity contribution < 1.29 is 41.0 Å². The Labute approximate surface area is 185 Å². The van der Waals surface area contributed by atoms with Crippen LogP contribution in [0.1, 0.15) is 11.1 Å². The zero-order chi connectivity index (χ0) is 24.5. The number of hydrogen-bond acceptors (Lipinski definition) is 6. The summed E-state index contributed by atoms with van der Waals surface area (Å²) in [5, 5.41) is 10.3. The summed E-state index contributed by atoms with van der Waals surface area (Å²) in [4.78, 5) is 23.3. The maximum absolute atomic E-state index is 13.0. The number of ether oxygens (including phenoxy) is 1. The third-order valence-corrected chi connectivity index (χ3v) is 6.53. The quantitative estimate of drug-likeness (QED) is 0.595. The molecule has 0 atom stereocenters. The molecule has 1 amide bonds. The Balaban J connectivity index is 0.000000633. The van der Waals surface area contributed by atoms with Crippen molar-refractivity contribution in [1.82, 2.24) is 14.5 Å². The highest BCUT2D eigenvalue weighted by Crippen LogP contribution is 2.19. The van der Waals surface area contributed by atoms with Crippen molar-refractivity contribution in [2.75, 3.05) is 53.0 Å². The van der Waals surface area contributed by atoms with Gasteiger partial charge < -0.3 is 20.1 Å². The third kappa shape index (κ3) is 8.37. The lowest BCUT2D eigenvalue weighted by molar-refractivity contribution is -0.192. The summed E-state index contributed by atoms with van der Waals surface area (Å²) in [6, 6.07) is 5.03. The molecule has 0 bridgehead atoms. The first-order chi connectivity index (χ1) is 14.8. The summed E-state index contributed by atoms with van der Waals surface area (Å²) >= 11 is 0. The smallest absolute Gasteiger partial charge is 0.475 e. The van der Waals surface area contributed by atoms with Gasteiger partial charge in [-0.1, -0.05) is 6.07 Å². The van der Waals surface area contributed by atoms with Gasteiger partial charge in [-0.05, 0) is 37.1 Å². The molecule has 32 heavy (non-hydrogen) atoms. The van der Waals surface area contributed by atoms with Gasteiger partial charge in [0.25, 0.3) is 0 Å². The number of alkyl halides is 3. The molecule has 0 aromatic heterocycles. The molecule has 1 aromatic rings. The summed E-state index contributed by atoms with van der Waals surface area (Å²) in [6.07, 6.45) is -5.08. The maximum Gasteiger partial charge on any atom is 0.490 e. The lowest BCUT2D eigenvalue weighted by atomic mass is 10.1. The van der Waals surface area contributed by atoms with E-state index in [2.05, 4.69) is 5.32 Å². The minimum atomic E-state index is -5.08. The number of benzene rings is 1. The zero-order valence-electron chi connectivity index (χ0n) is 18.1. The average molecular weight is 484 g/mol. The van der Waals surface area contributed by atoms with Crippen LogP contribution in [0.4, 0.5) is 13.2 Å². The fraction of sp³-hybridized carbons (Fsp3) is 0.579. The lowest BCUT2D eigenvalue weighted by Crippen LogP contribution is -2.50. The first-order valence-electron chi connectivity index (χ1n) is 9.65. The standard InChI is InChI=1S/C17H27N3O4S.C2HF3O2/c1-14-4-5-16(12-15(14)2)25(22,23)20(10-11-24-3)13-17(21)19-8-6-18-7-9-19;3-2(4,5)1(6)7/h4-5,12,18H,6-11,13H2,1-3H3;(H,6,7).